The summed E-state index contributed by atoms with van der Waals surface area (Å²) in [5, 5.41) is 4.23. The van der Waals surface area contributed by atoms with E-state index in [9.17, 15) is 9.59 Å². The van der Waals surface area contributed by atoms with Gasteiger partial charge in [-0.25, -0.2) is 0 Å². The molecule has 0 aliphatic carbocycles. The highest BCUT2D eigenvalue weighted by Gasteiger charge is 2.42. The summed E-state index contributed by atoms with van der Waals surface area (Å²) in [6, 6.07) is -0.0176. The van der Waals surface area contributed by atoms with E-state index in [4.69, 9.17) is 0 Å². The van der Waals surface area contributed by atoms with Gasteiger partial charge in [0, 0.05) is 18.8 Å². The van der Waals surface area contributed by atoms with Gasteiger partial charge in [0.1, 0.15) is 12.6 Å². The molecule has 6 heteroatoms. The lowest BCUT2D eigenvalue weighted by atomic mass is 10.1. The Labute approximate surface area is 112 Å². The molecule has 0 aromatic carbocycles. The molecule has 0 bridgehead atoms. The summed E-state index contributed by atoms with van der Waals surface area (Å²) >= 11 is 0. The zero-order valence-corrected chi connectivity index (χ0v) is 11.2. The molecule has 1 atom stereocenters. The molecule has 0 N–H and O–H groups in total. The molecular formula is C13H18N4O2. The van der Waals surface area contributed by atoms with Crippen molar-refractivity contribution in [3.8, 4) is 0 Å². The topological polar surface area (TPSA) is 58.4 Å². The Hall–Kier alpha value is -1.85. The second-order valence-electron chi connectivity index (χ2n) is 5.44. The SMILES string of the molecule is CC(C)n1cc(N2CC(=O)N3CCCC3C2=O)cn1. The number of rotatable bonds is 2. The van der Waals surface area contributed by atoms with Crippen LogP contribution in [0, 0.1) is 0 Å². The van der Waals surface area contributed by atoms with Gasteiger partial charge in [0.2, 0.25) is 11.8 Å². The highest BCUT2D eigenvalue weighted by atomic mass is 16.2. The molecule has 2 aliphatic heterocycles. The molecule has 0 radical (unpaired) electrons. The van der Waals surface area contributed by atoms with Crippen molar-refractivity contribution >= 4 is 17.5 Å². The smallest absolute Gasteiger partial charge is 0.250 e. The normalized spacial score (nSPS) is 23.4. The lowest BCUT2D eigenvalue weighted by Gasteiger charge is -2.35. The first kappa shape index (κ1) is 12.2. The van der Waals surface area contributed by atoms with Crippen LogP contribution in [0.25, 0.3) is 0 Å². The minimum Gasteiger partial charge on any atom is -0.329 e. The fourth-order valence-corrected chi connectivity index (χ4v) is 2.77. The molecule has 2 aliphatic rings. The fourth-order valence-electron chi connectivity index (χ4n) is 2.77. The molecule has 19 heavy (non-hydrogen) atoms. The van der Waals surface area contributed by atoms with E-state index in [1.54, 1.807) is 20.7 Å². The standard InChI is InChI=1S/C13H18N4O2/c1-9(2)17-7-10(6-14-17)16-8-12(18)15-5-3-4-11(15)13(16)19/h6-7,9,11H,3-5,8H2,1-2H3. The number of aromatic nitrogens is 2. The number of fused-ring (bicyclic) bond motifs is 1. The van der Waals surface area contributed by atoms with Crippen LogP contribution < -0.4 is 4.90 Å². The molecule has 3 rings (SSSR count). The van der Waals surface area contributed by atoms with Crippen molar-refractivity contribution in [1.82, 2.24) is 14.7 Å². The summed E-state index contributed by atoms with van der Waals surface area (Å²) in [5.74, 6) is 0.0693. The van der Waals surface area contributed by atoms with E-state index in [0.29, 0.717) is 6.54 Å². The highest BCUT2D eigenvalue weighted by Crippen LogP contribution is 2.27. The maximum atomic E-state index is 12.4. The Morgan fingerprint density at radius 2 is 2.16 bits per heavy atom. The molecule has 2 saturated heterocycles. The minimum atomic E-state index is -0.261. The van der Waals surface area contributed by atoms with Gasteiger partial charge in [0.15, 0.2) is 0 Å². The largest absolute Gasteiger partial charge is 0.329 e. The van der Waals surface area contributed by atoms with Gasteiger partial charge in [-0.3, -0.25) is 19.2 Å². The molecule has 0 spiro atoms. The summed E-state index contributed by atoms with van der Waals surface area (Å²) in [6.45, 7) is 4.91. The fraction of sp³-hybridized carbons (Fsp3) is 0.615. The molecule has 3 heterocycles. The Kier molecular flexibility index (Phi) is 2.80. The lowest BCUT2D eigenvalue weighted by Crippen LogP contribution is -2.57. The van der Waals surface area contributed by atoms with Crippen molar-refractivity contribution in [2.75, 3.05) is 18.0 Å². The van der Waals surface area contributed by atoms with Crippen molar-refractivity contribution in [3.05, 3.63) is 12.4 Å². The monoisotopic (exact) mass is 262 g/mol. The van der Waals surface area contributed by atoms with Crippen molar-refractivity contribution in [3.63, 3.8) is 0 Å². The van der Waals surface area contributed by atoms with Gasteiger partial charge in [-0.05, 0) is 26.7 Å². The zero-order valence-electron chi connectivity index (χ0n) is 11.2. The van der Waals surface area contributed by atoms with E-state index in [0.717, 1.165) is 18.5 Å². The molecule has 102 valence electrons. The van der Waals surface area contributed by atoms with Crippen LogP contribution in [0.3, 0.4) is 0 Å². The van der Waals surface area contributed by atoms with E-state index in [1.165, 1.54) is 0 Å². The summed E-state index contributed by atoms with van der Waals surface area (Å²) in [6.07, 6.45) is 5.19. The van der Waals surface area contributed by atoms with Crippen molar-refractivity contribution in [1.29, 1.82) is 0 Å². The van der Waals surface area contributed by atoms with Crippen molar-refractivity contribution < 1.29 is 9.59 Å². The van der Waals surface area contributed by atoms with Gasteiger partial charge in [-0.15, -0.1) is 0 Å². The number of hydrogen-bond acceptors (Lipinski definition) is 3. The first-order chi connectivity index (χ1) is 9.08. The molecule has 1 unspecified atom stereocenters. The third-order valence-electron chi connectivity index (χ3n) is 3.85. The van der Waals surface area contributed by atoms with Crippen molar-refractivity contribution in [2.45, 2.75) is 38.8 Å². The predicted octanol–water partition coefficient (Wildman–Crippen LogP) is 0.802. The van der Waals surface area contributed by atoms with Crippen LogP contribution in [0.4, 0.5) is 5.69 Å². The third-order valence-corrected chi connectivity index (χ3v) is 3.85. The average molecular weight is 262 g/mol. The van der Waals surface area contributed by atoms with Crippen LogP contribution in [0.15, 0.2) is 12.4 Å². The Bertz CT molecular complexity index is 522. The molecule has 1 aromatic rings. The van der Waals surface area contributed by atoms with Crippen LogP contribution in [0.5, 0.6) is 0 Å². The molecule has 2 amide bonds. The first-order valence-corrected chi connectivity index (χ1v) is 6.73. The van der Waals surface area contributed by atoms with Gasteiger partial charge < -0.3 is 4.90 Å². The number of hydrogen-bond donors (Lipinski definition) is 0. The Morgan fingerprint density at radius 3 is 2.84 bits per heavy atom. The second-order valence-corrected chi connectivity index (χ2v) is 5.44. The third kappa shape index (κ3) is 1.91. The van der Waals surface area contributed by atoms with Gasteiger partial charge >= 0.3 is 0 Å². The van der Waals surface area contributed by atoms with E-state index in [2.05, 4.69) is 5.10 Å². The van der Waals surface area contributed by atoms with Gasteiger partial charge in [-0.2, -0.15) is 5.10 Å². The number of anilines is 1. The zero-order chi connectivity index (χ0) is 13.6. The molecule has 1 aromatic heterocycles. The summed E-state index contributed by atoms with van der Waals surface area (Å²) < 4.78 is 1.80. The van der Waals surface area contributed by atoms with Gasteiger partial charge in [-0.1, -0.05) is 0 Å². The number of carbonyl (C=O) groups excluding carboxylic acids is 2. The number of amides is 2. The summed E-state index contributed by atoms with van der Waals surface area (Å²) in [7, 11) is 0. The maximum absolute atomic E-state index is 12.4. The van der Waals surface area contributed by atoms with E-state index in [-0.39, 0.29) is 30.4 Å². The molecular weight excluding hydrogens is 244 g/mol. The van der Waals surface area contributed by atoms with Crippen LogP contribution in [-0.4, -0.2) is 45.6 Å². The minimum absolute atomic E-state index is 0.0282. The number of nitrogens with zero attached hydrogens (tertiary/aromatic N) is 4. The predicted molar refractivity (Wildman–Crippen MR) is 69.7 cm³/mol. The van der Waals surface area contributed by atoms with Crippen LogP contribution in [-0.2, 0) is 9.59 Å². The van der Waals surface area contributed by atoms with Gasteiger partial charge in [0.25, 0.3) is 0 Å². The second kappa shape index (κ2) is 4.36. The van der Waals surface area contributed by atoms with E-state index >= 15 is 0 Å². The highest BCUT2D eigenvalue weighted by molar-refractivity contribution is 6.06. The van der Waals surface area contributed by atoms with Crippen molar-refractivity contribution in [2.24, 2.45) is 0 Å². The average Bonchev–Trinajstić information content (AvgIpc) is 3.01. The summed E-state index contributed by atoms with van der Waals surface area (Å²) in [4.78, 5) is 27.8. The lowest BCUT2D eigenvalue weighted by molar-refractivity contribution is -0.140. The molecule has 0 saturated carbocycles. The van der Waals surface area contributed by atoms with Gasteiger partial charge in [0.05, 0.1) is 11.9 Å². The quantitative estimate of drug-likeness (QED) is 0.792. The first-order valence-electron chi connectivity index (χ1n) is 6.73. The summed E-state index contributed by atoms with van der Waals surface area (Å²) in [5.41, 5.74) is 0.721. The Balaban J connectivity index is 1.87. The maximum Gasteiger partial charge on any atom is 0.250 e. The van der Waals surface area contributed by atoms with E-state index < -0.39 is 0 Å². The Morgan fingerprint density at radius 1 is 1.37 bits per heavy atom. The van der Waals surface area contributed by atoms with Crippen LogP contribution >= 0.6 is 0 Å². The number of carbonyl (C=O) groups is 2. The molecule has 6 nitrogen and oxygen atoms in total. The van der Waals surface area contributed by atoms with Crippen LogP contribution in [0.2, 0.25) is 0 Å². The number of piperazine rings is 1. The van der Waals surface area contributed by atoms with Crippen LogP contribution in [0.1, 0.15) is 32.7 Å². The molecule has 2 fully saturated rings. The van der Waals surface area contributed by atoms with E-state index in [1.807, 2.05) is 20.0 Å².